The Kier molecular flexibility index (Phi) is 5.37. The second kappa shape index (κ2) is 8.61. The van der Waals surface area contributed by atoms with Gasteiger partial charge in [-0.1, -0.05) is 29.4 Å². The predicted molar refractivity (Wildman–Crippen MR) is 113 cm³/mol. The van der Waals surface area contributed by atoms with Crippen molar-refractivity contribution in [2.45, 2.75) is 25.6 Å². The molecule has 0 radical (unpaired) electrons. The van der Waals surface area contributed by atoms with Crippen molar-refractivity contribution < 1.29 is 14.1 Å². The molecular formula is C23H21N5O3. The Balaban J connectivity index is 1.24. The monoisotopic (exact) mass is 415 g/mol. The van der Waals surface area contributed by atoms with Crippen molar-refractivity contribution in [1.82, 2.24) is 25.0 Å². The average molecular weight is 415 g/mol. The quantitative estimate of drug-likeness (QED) is 0.492. The van der Waals surface area contributed by atoms with Crippen LogP contribution in [-0.2, 0) is 11.3 Å². The first-order valence-corrected chi connectivity index (χ1v) is 10.3. The van der Waals surface area contributed by atoms with Gasteiger partial charge in [0.2, 0.25) is 0 Å². The lowest BCUT2D eigenvalue weighted by atomic mass is 10.1. The molecule has 1 amide bonds. The summed E-state index contributed by atoms with van der Waals surface area (Å²) in [7, 11) is 0. The van der Waals surface area contributed by atoms with Crippen LogP contribution in [0.5, 0.6) is 0 Å². The third kappa shape index (κ3) is 4.15. The van der Waals surface area contributed by atoms with Crippen LogP contribution in [0.1, 0.15) is 29.2 Å². The van der Waals surface area contributed by atoms with Crippen LogP contribution >= 0.6 is 0 Å². The molecule has 3 aromatic heterocycles. The number of carbonyl (C=O) groups is 1. The molecule has 1 aliphatic rings. The molecule has 8 heteroatoms. The van der Waals surface area contributed by atoms with E-state index < -0.39 is 0 Å². The lowest BCUT2D eigenvalue weighted by Crippen LogP contribution is -2.43. The maximum Gasteiger partial charge on any atom is 0.273 e. The summed E-state index contributed by atoms with van der Waals surface area (Å²) < 4.78 is 11.3. The van der Waals surface area contributed by atoms with Crippen molar-refractivity contribution in [3.63, 3.8) is 0 Å². The van der Waals surface area contributed by atoms with Gasteiger partial charge in [-0.3, -0.25) is 14.8 Å². The summed E-state index contributed by atoms with van der Waals surface area (Å²) in [6, 6.07) is 13.3. The summed E-state index contributed by atoms with van der Waals surface area (Å²) >= 11 is 0. The molecule has 4 heterocycles. The maximum atomic E-state index is 13.2. The van der Waals surface area contributed by atoms with E-state index in [4.69, 9.17) is 9.26 Å². The topological polar surface area (TPSA) is 94.2 Å². The molecule has 1 fully saturated rings. The Morgan fingerprint density at radius 1 is 1.13 bits per heavy atom. The summed E-state index contributed by atoms with van der Waals surface area (Å²) in [5.41, 5.74) is 1.30. The van der Waals surface area contributed by atoms with Gasteiger partial charge >= 0.3 is 0 Å². The summed E-state index contributed by atoms with van der Waals surface area (Å²) in [5.74, 6) is 0.846. The highest BCUT2D eigenvalue weighted by atomic mass is 16.5. The number of piperidine rings is 1. The van der Waals surface area contributed by atoms with Crippen LogP contribution in [0.25, 0.3) is 22.2 Å². The number of benzene rings is 1. The highest BCUT2D eigenvalue weighted by Crippen LogP contribution is 2.22. The summed E-state index contributed by atoms with van der Waals surface area (Å²) in [6.07, 6.45) is 6.69. The molecule has 0 bridgehead atoms. The Morgan fingerprint density at radius 2 is 2.00 bits per heavy atom. The van der Waals surface area contributed by atoms with Crippen molar-refractivity contribution in [1.29, 1.82) is 0 Å². The van der Waals surface area contributed by atoms with Crippen LogP contribution < -0.4 is 0 Å². The number of carbonyl (C=O) groups excluding carboxylic acids is 1. The number of fused-ring (bicyclic) bond motifs is 1. The molecule has 31 heavy (non-hydrogen) atoms. The van der Waals surface area contributed by atoms with Crippen molar-refractivity contribution in [3.05, 3.63) is 72.6 Å². The van der Waals surface area contributed by atoms with Crippen LogP contribution in [0.2, 0.25) is 0 Å². The van der Waals surface area contributed by atoms with Gasteiger partial charge in [-0.25, -0.2) is 0 Å². The van der Waals surface area contributed by atoms with Gasteiger partial charge in [0.25, 0.3) is 11.8 Å². The average Bonchev–Trinajstić information content (AvgIpc) is 3.32. The van der Waals surface area contributed by atoms with Gasteiger partial charge in [0, 0.05) is 42.6 Å². The third-order valence-electron chi connectivity index (χ3n) is 5.39. The Bertz CT molecular complexity index is 1190. The second-order valence-electron chi connectivity index (χ2n) is 7.46. The van der Waals surface area contributed by atoms with E-state index in [0.29, 0.717) is 30.5 Å². The van der Waals surface area contributed by atoms with Crippen LogP contribution in [-0.4, -0.2) is 50.1 Å². The summed E-state index contributed by atoms with van der Waals surface area (Å²) in [5, 5.41) is 5.87. The van der Waals surface area contributed by atoms with E-state index in [-0.39, 0.29) is 18.6 Å². The molecule has 0 saturated carbocycles. The molecule has 1 atom stereocenters. The highest BCUT2D eigenvalue weighted by molar-refractivity contribution is 6.05. The molecule has 5 rings (SSSR count). The van der Waals surface area contributed by atoms with Gasteiger partial charge in [-0.05, 0) is 36.4 Å². The van der Waals surface area contributed by atoms with Gasteiger partial charge in [0.1, 0.15) is 12.3 Å². The van der Waals surface area contributed by atoms with Gasteiger partial charge in [-0.15, -0.1) is 0 Å². The minimum absolute atomic E-state index is 0.0652. The molecular weight excluding hydrogens is 394 g/mol. The normalized spacial score (nSPS) is 16.5. The van der Waals surface area contributed by atoms with E-state index in [1.807, 2.05) is 47.4 Å². The van der Waals surface area contributed by atoms with Gasteiger partial charge in [0.15, 0.2) is 5.82 Å². The number of ether oxygens (including phenoxy) is 1. The highest BCUT2D eigenvalue weighted by Gasteiger charge is 2.27. The van der Waals surface area contributed by atoms with Crippen LogP contribution in [0.15, 0.2) is 65.6 Å². The molecule has 0 spiro atoms. The summed E-state index contributed by atoms with van der Waals surface area (Å²) in [4.78, 5) is 27.7. The lowest BCUT2D eigenvalue weighted by Gasteiger charge is -2.32. The minimum Gasteiger partial charge on any atom is -0.368 e. The molecule has 1 unspecified atom stereocenters. The van der Waals surface area contributed by atoms with E-state index in [9.17, 15) is 4.79 Å². The number of hydrogen-bond acceptors (Lipinski definition) is 7. The zero-order valence-corrected chi connectivity index (χ0v) is 16.8. The number of likely N-dealkylation sites (tertiary alicyclic amines) is 1. The van der Waals surface area contributed by atoms with E-state index >= 15 is 0 Å². The minimum atomic E-state index is -0.0875. The second-order valence-corrected chi connectivity index (χ2v) is 7.46. The fourth-order valence-electron chi connectivity index (χ4n) is 3.82. The molecule has 0 N–H and O–H groups in total. The zero-order chi connectivity index (χ0) is 21.0. The van der Waals surface area contributed by atoms with Crippen LogP contribution in [0, 0.1) is 0 Å². The van der Waals surface area contributed by atoms with Crippen molar-refractivity contribution >= 4 is 16.7 Å². The zero-order valence-electron chi connectivity index (χ0n) is 16.8. The van der Waals surface area contributed by atoms with Crippen molar-refractivity contribution in [3.8, 4) is 11.5 Å². The first-order valence-electron chi connectivity index (χ1n) is 10.3. The lowest BCUT2D eigenvalue weighted by molar-refractivity contribution is -0.00970. The first-order chi connectivity index (χ1) is 15.3. The van der Waals surface area contributed by atoms with Crippen molar-refractivity contribution in [2.75, 3.05) is 13.1 Å². The van der Waals surface area contributed by atoms with Gasteiger partial charge in [-0.2, -0.15) is 4.98 Å². The third-order valence-corrected chi connectivity index (χ3v) is 5.39. The Labute approximate surface area is 178 Å². The number of amides is 1. The summed E-state index contributed by atoms with van der Waals surface area (Å²) in [6.45, 7) is 1.44. The number of aromatic nitrogens is 4. The van der Waals surface area contributed by atoms with E-state index in [1.165, 1.54) is 0 Å². The molecule has 156 valence electrons. The van der Waals surface area contributed by atoms with E-state index in [0.717, 1.165) is 29.2 Å². The molecule has 8 nitrogen and oxygen atoms in total. The van der Waals surface area contributed by atoms with E-state index in [2.05, 4.69) is 20.1 Å². The first kappa shape index (κ1) is 19.3. The Morgan fingerprint density at radius 3 is 2.90 bits per heavy atom. The van der Waals surface area contributed by atoms with Gasteiger partial charge < -0.3 is 14.2 Å². The molecule has 0 aliphatic carbocycles. The number of nitrogens with zero attached hydrogens (tertiary/aromatic N) is 5. The molecule has 1 saturated heterocycles. The van der Waals surface area contributed by atoms with Crippen LogP contribution in [0.4, 0.5) is 0 Å². The molecule has 1 aromatic carbocycles. The number of hydrogen-bond donors (Lipinski definition) is 0. The molecule has 1 aliphatic heterocycles. The van der Waals surface area contributed by atoms with Crippen molar-refractivity contribution in [2.24, 2.45) is 0 Å². The smallest absolute Gasteiger partial charge is 0.273 e. The molecule has 4 aromatic rings. The number of pyridine rings is 2. The predicted octanol–water partition coefficient (Wildman–Crippen LogP) is 3.50. The standard InChI is InChI=1S/C23H21N5O3/c29-23(21-19-6-2-1-4-16(19)9-12-25-21)28-13-3-5-18(14-28)30-15-20-26-22(31-27-20)17-7-10-24-11-8-17/h1-2,4,6-12,18H,3,5,13-15H2. The van der Waals surface area contributed by atoms with E-state index in [1.54, 1.807) is 18.6 Å². The number of rotatable bonds is 5. The maximum absolute atomic E-state index is 13.2. The Hall–Kier alpha value is -3.65. The SMILES string of the molecule is O=C(c1nccc2ccccc12)N1CCCC(OCc2noc(-c3ccncc3)n2)C1. The fraction of sp³-hybridized carbons (Fsp3) is 0.261. The van der Waals surface area contributed by atoms with Crippen LogP contribution in [0.3, 0.4) is 0 Å². The fourth-order valence-corrected chi connectivity index (χ4v) is 3.82. The van der Waals surface area contributed by atoms with Gasteiger partial charge in [0.05, 0.1) is 6.10 Å². The largest absolute Gasteiger partial charge is 0.368 e.